The van der Waals surface area contributed by atoms with E-state index in [9.17, 15) is 0 Å². The van der Waals surface area contributed by atoms with Crippen LogP contribution in [0.3, 0.4) is 0 Å². The van der Waals surface area contributed by atoms with Crippen molar-refractivity contribution in [2.24, 2.45) is 0 Å². The monoisotopic (exact) mass is 784 g/mol. The van der Waals surface area contributed by atoms with Crippen molar-refractivity contribution in [3.8, 4) is 62.1 Å². The summed E-state index contributed by atoms with van der Waals surface area (Å²) in [6, 6.07) is 61.7. The second kappa shape index (κ2) is 12.4. The molecule has 60 heavy (non-hydrogen) atoms. The normalized spacial score (nSPS) is 13.6. The smallest absolute Gasteiger partial charge is 0.165 e. The third kappa shape index (κ3) is 4.75. The molecule has 0 atom stereocenters. The molecule has 11 aromatic rings. The van der Waals surface area contributed by atoms with E-state index in [1.165, 1.54) is 86.5 Å². The van der Waals surface area contributed by atoms with E-state index in [2.05, 4.69) is 170 Å². The quantitative estimate of drug-likeness (QED) is 0.178. The van der Waals surface area contributed by atoms with Crippen molar-refractivity contribution in [2.75, 3.05) is 0 Å². The lowest BCUT2D eigenvalue weighted by Gasteiger charge is -2.21. The molecule has 5 heteroatoms. The van der Waals surface area contributed by atoms with Crippen LogP contribution in [-0.2, 0) is 11.8 Å². The number of hydrogen-bond acceptors (Lipinski definition) is 4. The van der Waals surface area contributed by atoms with Gasteiger partial charge in [-0.1, -0.05) is 141 Å². The van der Waals surface area contributed by atoms with Gasteiger partial charge in [0.25, 0.3) is 0 Å². The summed E-state index contributed by atoms with van der Waals surface area (Å²) >= 11 is 1.80. The van der Waals surface area contributed by atoms with Gasteiger partial charge in [-0.05, 0) is 93.4 Å². The van der Waals surface area contributed by atoms with Crippen molar-refractivity contribution in [1.29, 1.82) is 0 Å². The molecule has 3 heterocycles. The lowest BCUT2D eigenvalue weighted by atomic mass is 9.82. The van der Waals surface area contributed by atoms with E-state index in [-0.39, 0.29) is 5.41 Å². The molecule has 0 aliphatic heterocycles. The highest BCUT2D eigenvalue weighted by Gasteiger charge is 2.36. The Bertz CT molecular complexity index is 3610. The second-order valence-electron chi connectivity index (χ2n) is 16.7. The number of para-hydroxylation sites is 1. The summed E-state index contributed by atoms with van der Waals surface area (Å²) in [6.45, 7) is 4.73. The molecule has 0 unspecified atom stereocenters. The standard InChI is InChI=1S/C55H36N4S/c1-55(2)46-23-9-6-16-36(46)44-30-45-37-17-7-10-24-48(37)59(49(45)31-47(44)55)34-27-26-33-28-43-35(42(33)29-34)19-12-21-40(43)53-56-52(32-14-4-3-5-15-32)57-54(58-53)41-22-13-20-39-38-18-8-11-25-50(38)60-51(39)41/h3-27,29-31H,28H2,1-2H3. The van der Waals surface area contributed by atoms with Crippen LogP contribution in [0, 0.1) is 0 Å². The van der Waals surface area contributed by atoms with E-state index in [0.29, 0.717) is 17.5 Å². The molecule has 2 aliphatic carbocycles. The largest absolute Gasteiger partial charge is 0.309 e. The minimum atomic E-state index is -0.0890. The molecule has 13 rings (SSSR count). The summed E-state index contributed by atoms with van der Waals surface area (Å²) < 4.78 is 4.93. The van der Waals surface area contributed by atoms with Gasteiger partial charge in [-0.3, -0.25) is 0 Å². The first kappa shape index (κ1) is 33.7. The predicted molar refractivity (Wildman–Crippen MR) is 249 cm³/mol. The van der Waals surface area contributed by atoms with Crippen LogP contribution >= 0.6 is 11.3 Å². The van der Waals surface area contributed by atoms with Crippen molar-refractivity contribution >= 4 is 53.3 Å². The van der Waals surface area contributed by atoms with E-state index >= 15 is 0 Å². The van der Waals surface area contributed by atoms with Gasteiger partial charge in [-0.25, -0.2) is 15.0 Å². The van der Waals surface area contributed by atoms with Crippen LogP contribution in [0.4, 0.5) is 0 Å². The molecule has 0 spiro atoms. The summed E-state index contributed by atoms with van der Waals surface area (Å²) in [5, 5.41) is 5.04. The second-order valence-corrected chi connectivity index (χ2v) is 17.8. The van der Waals surface area contributed by atoms with E-state index in [4.69, 9.17) is 15.0 Å². The van der Waals surface area contributed by atoms with Gasteiger partial charge in [0.1, 0.15) is 0 Å². The summed E-state index contributed by atoms with van der Waals surface area (Å²) in [6.07, 6.45) is 0.807. The average molecular weight is 785 g/mol. The topological polar surface area (TPSA) is 43.6 Å². The summed E-state index contributed by atoms with van der Waals surface area (Å²) in [4.78, 5) is 15.7. The maximum absolute atomic E-state index is 5.32. The first-order valence-corrected chi connectivity index (χ1v) is 21.5. The zero-order valence-corrected chi connectivity index (χ0v) is 33.9. The molecule has 2 aliphatic rings. The minimum Gasteiger partial charge on any atom is -0.309 e. The Kier molecular flexibility index (Phi) is 6.97. The Balaban J connectivity index is 0.978. The van der Waals surface area contributed by atoms with E-state index < -0.39 is 0 Å². The number of aromatic nitrogens is 4. The summed E-state index contributed by atoms with van der Waals surface area (Å²) in [5.74, 6) is 2.06. The van der Waals surface area contributed by atoms with Gasteiger partial charge in [-0.15, -0.1) is 11.3 Å². The summed E-state index contributed by atoms with van der Waals surface area (Å²) in [7, 11) is 0. The third-order valence-corrected chi connectivity index (χ3v) is 14.3. The van der Waals surface area contributed by atoms with Crippen LogP contribution in [0.5, 0.6) is 0 Å². The van der Waals surface area contributed by atoms with Gasteiger partial charge in [0.05, 0.1) is 11.0 Å². The third-order valence-electron chi connectivity index (χ3n) is 13.1. The van der Waals surface area contributed by atoms with E-state index in [0.717, 1.165) is 28.8 Å². The molecule has 0 N–H and O–H groups in total. The van der Waals surface area contributed by atoms with Crippen LogP contribution in [0.2, 0.25) is 0 Å². The van der Waals surface area contributed by atoms with E-state index in [1.54, 1.807) is 11.3 Å². The predicted octanol–water partition coefficient (Wildman–Crippen LogP) is 14.2. The molecule has 0 saturated carbocycles. The molecular weight excluding hydrogens is 749 g/mol. The SMILES string of the molecule is CC1(C)c2ccccc2-c2cc3c4ccccc4n(-c4ccc5c(c4)-c4cccc(-c6nc(-c7ccccc7)nc(-c7cccc8c7sc7ccccc78)n6)c4C5)c3cc21. The van der Waals surface area contributed by atoms with Crippen molar-refractivity contribution in [2.45, 2.75) is 25.7 Å². The zero-order chi connectivity index (χ0) is 39.7. The van der Waals surface area contributed by atoms with Gasteiger partial charge < -0.3 is 4.57 Å². The van der Waals surface area contributed by atoms with Crippen LogP contribution in [-0.4, -0.2) is 19.5 Å². The number of nitrogens with zero attached hydrogens (tertiary/aromatic N) is 4. The van der Waals surface area contributed by atoms with Gasteiger partial charge in [0.15, 0.2) is 17.5 Å². The van der Waals surface area contributed by atoms with Crippen molar-refractivity contribution in [3.05, 3.63) is 192 Å². The highest BCUT2D eigenvalue weighted by Crippen LogP contribution is 2.51. The van der Waals surface area contributed by atoms with Crippen molar-refractivity contribution in [1.82, 2.24) is 19.5 Å². The molecule has 4 nitrogen and oxygen atoms in total. The lowest BCUT2D eigenvalue weighted by molar-refractivity contribution is 0.661. The maximum Gasteiger partial charge on any atom is 0.165 e. The lowest BCUT2D eigenvalue weighted by Crippen LogP contribution is -2.14. The molecule has 282 valence electrons. The van der Waals surface area contributed by atoms with Gasteiger partial charge >= 0.3 is 0 Å². The number of hydrogen-bond donors (Lipinski definition) is 0. The number of fused-ring (bicyclic) bond motifs is 12. The minimum absolute atomic E-state index is 0.0890. The highest BCUT2D eigenvalue weighted by atomic mass is 32.1. The molecule has 0 bridgehead atoms. The van der Waals surface area contributed by atoms with Crippen molar-refractivity contribution in [3.63, 3.8) is 0 Å². The Morgan fingerprint density at radius 2 is 1.15 bits per heavy atom. The molecule has 0 saturated heterocycles. The van der Waals surface area contributed by atoms with Gasteiger partial charge in [0.2, 0.25) is 0 Å². The molecule has 0 radical (unpaired) electrons. The van der Waals surface area contributed by atoms with Crippen molar-refractivity contribution < 1.29 is 0 Å². The Morgan fingerprint density at radius 1 is 0.467 bits per heavy atom. The highest BCUT2D eigenvalue weighted by molar-refractivity contribution is 7.26. The summed E-state index contributed by atoms with van der Waals surface area (Å²) in [5.41, 5.74) is 17.1. The molecule has 0 amide bonds. The maximum atomic E-state index is 5.32. The van der Waals surface area contributed by atoms with E-state index in [1.807, 2.05) is 18.2 Å². The molecule has 0 fully saturated rings. The zero-order valence-electron chi connectivity index (χ0n) is 33.1. The average Bonchev–Trinajstić information content (AvgIpc) is 4.02. The first-order valence-electron chi connectivity index (χ1n) is 20.7. The van der Waals surface area contributed by atoms with Crippen LogP contribution < -0.4 is 0 Å². The van der Waals surface area contributed by atoms with Crippen LogP contribution in [0.15, 0.2) is 170 Å². The number of thiophene rings is 1. The number of benzene rings is 8. The molecule has 3 aromatic heterocycles. The molecular formula is C55H36N4S. The van der Waals surface area contributed by atoms with Gasteiger partial charge in [0, 0.05) is 58.7 Å². The van der Waals surface area contributed by atoms with Gasteiger partial charge in [-0.2, -0.15) is 0 Å². The Hall–Kier alpha value is -7.21. The Labute approximate surface area is 351 Å². The fourth-order valence-electron chi connectivity index (χ4n) is 10.2. The Morgan fingerprint density at radius 3 is 2.05 bits per heavy atom. The number of rotatable bonds is 4. The fourth-order valence-corrected chi connectivity index (χ4v) is 11.4. The first-order chi connectivity index (χ1) is 29.5. The van der Waals surface area contributed by atoms with Crippen LogP contribution in [0.25, 0.3) is 104 Å². The fraction of sp³-hybridized carbons (Fsp3) is 0.0727. The molecule has 8 aromatic carbocycles. The van der Waals surface area contributed by atoms with Crippen LogP contribution in [0.1, 0.15) is 36.1 Å².